The predicted molar refractivity (Wildman–Crippen MR) is 61.7 cm³/mol. The Bertz CT molecular complexity index is 418. The van der Waals surface area contributed by atoms with Gasteiger partial charge >= 0.3 is 8.25 Å². The SMILES string of the molecule is O=[P+](Oc1ccccc1)Oc1ccccc1.[Ce]. The molecule has 0 N–H and O–H groups in total. The van der Waals surface area contributed by atoms with E-state index in [4.69, 9.17) is 9.05 Å². The molecule has 0 amide bonds. The molecule has 0 spiro atoms. The van der Waals surface area contributed by atoms with Gasteiger partial charge in [0.1, 0.15) is 0 Å². The molecule has 0 saturated heterocycles. The zero-order valence-corrected chi connectivity index (χ0v) is 13.0. The van der Waals surface area contributed by atoms with Crippen molar-refractivity contribution in [1.29, 1.82) is 0 Å². The Morgan fingerprint density at radius 1 is 0.706 bits per heavy atom. The molecule has 3 nitrogen and oxygen atoms in total. The van der Waals surface area contributed by atoms with Crippen LogP contribution >= 0.6 is 8.25 Å². The van der Waals surface area contributed by atoms with Crippen molar-refractivity contribution in [3.8, 4) is 11.5 Å². The predicted octanol–water partition coefficient (Wildman–Crippen LogP) is 3.80. The summed E-state index contributed by atoms with van der Waals surface area (Å²) in [5.41, 5.74) is 0. The number of para-hydroxylation sites is 2. The minimum Gasteiger partial charge on any atom is -0.222 e. The molecule has 2 rings (SSSR count). The summed E-state index contributed by atoms with van der Waals surface area (Å²) in [6.45, 7) is 0. The molecule has 0 heterocycles. The molecule has 17 heavy (non-hydrogen) atoms. The van der Waals surface area contributed by atoms with Crippen LogP contribution in [0.1, 0.15) is 0 Å². The average Bonchev–Trinajstić information content (AvgIpc) is 2.31. The number of benzene rings is 2. The van der Waals surface area contributed by atoms with Crippen molar-refractivity contribution < 1.29 is 55.4 Å². The van der Waals surface area contributed by atoms with Crippen LogP contribution in [-0.2, 0) is 4.57 Å². The van der Waals surface area contributed by atoms with Crippen LogP contribution in [0.4, 0.5) is 0 Å². The Morgan fingerprint density at radius 2 is 1.06 bits per heavy atom. The third-order valence-corrected chi connectivity index (χ3v) is 2.57. The van der Waals surface area contributed by atoms with Gasteiger partial charge in [-0.25, -0.2) is 9.05 Å². The second kappa shape index (κ2) is 7.77. The van der Waals surface area contributed by atoms with Gasteiger partial charge in [-0.05, 0) is 24.3 Å². The monoisotopic (exact) mass is 373 g/mol. The van der Waals surface area contributed by atoms with Crippen LogP contribution < -0.4 is 9.05 Å². The van der Waals surface area contributed by atoms with Crippen LogP contribution in [0, 0.1) is 41.7 Å². The van der Waals surface area contributed by atoms with Crippen molar-refractivity contribution >= 4 is 8.25 Å². The maximum atomic E-state index is 11.5. The van der Waals surface area contributed by atoms with E-state index in [0.29, 0.717) is 11.5 Å². The van der Waals surface area contributed by atoms with Crippen molar-refractivity contribution in [3.63, 3.8) is 0 Å². The zero-order valence-electron chi connectivity index (χ0n) is 8.95. The molecular weight excluding hydrogens is 363 g/mol. The summed E-state index contributed by atoms with van der Waals surface area (Å²) < 4.78 is 21.7. The molecule has 5 heteroatoms. The fourth-order valence-corrected chi connectivity index (χ4v) is 1.78. The van der Waals surface area contributed by atoms with Crippen molar-refractivity contribution in [2.24, 2.45) is 0 Å². The summed E-state index contributed by atoms with van der Waals surface area (Å²) in [5, 5.41) is 0. The molecule has 0 unspecified atom stereocenters. The van der Waals surface area contributed by atoms with Gasteiger partial charge in [-0.15, -0.1) is 0 Å². The Kier molecular flexibility index (Phi) is 6.66. The number of hydrogen-bond acceptors (Lipinski definition) is 3. The second-order valence-electron chi connectivity index (χ2n) is 3.03. The van der Waals surface area contributed by atoms with E-state index in [1.165, 1.54) is 0 Å². The summed E-state index contributed by atoms with van der Waals surface area (Å²) in [6.07, 6.45) is 0. The molecule has 0 fully saturated rings. The molecule has 0 radical (unpaired) electrons. The van der Waals surface area contributed by atoms with Crippen LogP contribution in [0.5, 0.6) is 11.5 Å². The topological polar surface area (TPSA) is 35.5 Å². The van der Waals surface area contributed by atoms with E-state index in [1.807, 2.05) is 12.1 Å². The molecule has 0 aromatic heterocycles. The minimum atomic E-state index is -2.18. The third kappa shape index (κ3) is 5.13. The van der Waals surface area contributed by atoms with Gasteiger partial charge in [-0.3, -0.25) is 0 Å². The molecular formula is C12H10CeO3P+. The van der Waals surface area contributed by atoms with Crippen molar-refractivity contribution in [3.05, 3.63) is 60.7 Å². The minimum absolute atomic E-state index is 0. The molecule has 0 saturated carbocycles. The van der Waals surface area contributed by atoms with Crippen LogP contribution in [0.15, 0.2) is 60.7 Å². The Hall–Kier alpha value is -0.483. The van der Waals surface area contributed by atoms with Crippen LogP contribution in [0.25, 0.3) is 0 Å². The summed E-state index contributed by atoms with van der Waals surface area (Å²) in [6, 6.07) is 17.8. The largest absolute Gasteiger partial charge is 0.805 e. The Labute approximate surface area is 134 Å². The maximum Gasteiger partial charge on any atom is 0.805 e. The summed E-state index contributed by atoms with van der Waals surface area (Å²) >= 11 is 0. The molecule has 0 bridgehead atoms. The van der Waals surface area contributed by atoms with E-state index in [-0.39, 0.29) is 41.7 Å². The van der Waals surface area contributed by atoms with Gasteiger partial charge < -0.3 is 0 Å². The molecule has 0 aliphatic rings. The first-order valence-corrected chi connectivity index (χ1v) is 5.87. The Balaban J connectivity index is 0.00000144. The molecule has 2 aromatic carbocycles. The third-order valence-electron chi connectivity index (χ3n) is 1.85. The van der Waals surface area contributed by atoms with E-state index in [2.05, 4.69) is 0 Å². The summed E-state index contributed by atoms with van der Waals surface area (Å²) in [5.74, 6) is 1.05. The second-order valence-corrected chi connectivity index (χ2v) is 3.84. The van der Waals surface area contributed by atoms with Crippen LogP contribution in [0.3, 0.4) is 0 Å². The smallest absolute Gasteiger partial charge is 0.222 e. The van der Waals surface area contributed by atoms with Gasteiger partial charge in [0, 0.05) is 46.3 Å². The van der Waals surface area contributed by atoms with Gasteiger partial charge in [0.05, 0.1) is 0 Å². The van der Waals surface area contributed by atoms with Crippen molar-refractivity contribution in [2.45, 2.75) is 0 Å². The van der Waals surface area contributed by atoms with E-state index >= 15 is 0 Å². The van der Waals surface area contributed by atoms with Gasteiger partial charge in [0.2, 0.25) is 0 Å². The van der Waals surface area contributed by atoms with Gasteiger partial charge in [0.15, 0.2) is 11.5 Å². The van der Waals surface area contributed by atoms with Crippen LogP contribution in [0.2, 0.25) is 0 Å². The van der Waals surface area contributed by atoms with Gasteiger partial charge in [-0.2, -0.15) is 0 Å². The Morgan fingerprint density at radius 3 is 1.41 bits per heavy atom. The number of hydrogen-bond donors (Lipinski definition) is 0. The quantitative estimate of drug-likeness (QED) is 0.765. The van der Waals surface area contributed by atoms with Gasteiger partial charge in [0.25, 0.3) is 0 Å². The van der Waals surface area contributed by atoms with Crippen LogP contribution in [-0.4, -0.2) is 0 Å². The summed E-state index contributed by atoms with van der Waals surface area (Å²) in [4.78, 5) is 0. The van der Waals surface area contributed by atoms with E-state index in [0.717, 1.165) is 0 Å². The normalized spacial score (nSPS) is 8.94. The molecule has 84 valence electrons. The fourth-order valence-electron chi connectivity index (χ4n) is 1.15. The molecule has 2 aromatic rings. The maximum absolute atomic E-state index is 11.5. The first-order valence-electron chi connectivity index (χ1n) is 4.78. The first-order chi connectivity index (χ1) is 7.84. The van der Waals surface area contributed by atoms with Crippen molar-refractivity contribution in [1.82, 2.24) is 0 Å². The fraction of sp³-hybridized carbons (Fsp3) is 0. The summed E-state index contributed by atoms with van der Waals surface area (Å²) in [7, 11) is -2.18. The van der Waals surface area contributed by atoms with Gasteiger partial charge in [-0.1, -0.05) is 36.4 Å². The van der Waals surface area contributed by atoms with Crippen molar-refractivity contribution in [2.75, 3.05) is 0 Å². The van der Waals surface area contributed by atoms with E-state index in [1.54, 1.807) is 48.5 Å². The first kappa shape index (κ1) is 14.6. The zero-order chi connectivity index (χ0) is 11.2. The standard InChI is InChI=1S/C12H10O3P.Ce/c13-16(14-11-7-3-1-4-8-11)15-12-9-5-2-6-10-12;/h1-10H;/q+1;. The number of rotatable bonds is 4. The van der Waals surface area contributed by atoms with E-state index in [9.17, 15) is 4.57 Å². The molecule has 0 aliphatic carbocycles. The molecule has 0 atom stereocenters. The molecule has 0 aliphatic heterocycles. The van der Waals surface area contributed by atoms with E-state index < -0.39 is 8.25 Å². The average molecular weight is 373 g/mol.